The number of halogens is 1. The van der Waals surface area contributed by atoms with E-state index >= 15 is 0 Å². The summed E-state index contributed by atoms with van der Waals surface area (Å²) in [6, 6.07) is 3.84. The maximum atomic E-state index is 10.4. The average molecular weight is 307 g/mol. The molecule has 0 heterocycles. The molecule has 114 valence electrons. The Balaban J connectivity index is 1.74. The van der Waals surface area contributed by atoms with Gasteiger partial charge in [-0.15, -0.1) is 0 Å². The molecule has 3 heteroatoms. The Morgan fingerprint density at radius 3 is 2.81 bits per heavy atom. The zero-order valence-electron chi connectivity index (χ0n) is 12.5. The van der Waals surface area contributed by atoms with Crippen LogP contribution >= 0.6 is 11.6 Å². The van der Waals surface area contributed by atoms with E-state index < -0.39 is 0 Å². The Labute approximate surface area is 131 Å². The first-order valence-electron chi connectivity index (χ1n) is 8.20. The highest BCUT2D eigenvalue weighted by atomic mass is 35.5. The Bertz CT molecular complexity index is 585. The van der Waals surface area contributed by atoms with Gasteiger partial charge in [-0.2, -0.15) is 0 Å². The summed E-state index contributed by atoms with van der Waals surface area (Å²) in [6.45, 7) is 2.30. The van der Waals surface area contributed by atoms with Crippen LogP contribution in [0.25, 0.3) is 0 Å². The van der Waals surface area contributed by atoms with Gasteiger partial charge >= 0.3 is 0 Å². The number of phenolic OH excluding ortho intramolecular Hbond substituents is 1. The van der Waals surface area contributed by atoms with Crippen molar-refractivity contribution in [3.8, 4) is 5.75 Å². The molecule has 4 rings (SSSR count). The number of rotatable bonds is 0. The minimum absolute atomic E-state index is 0.117. The summed E-state index contributed by atoms with van der Waals surface area (Å²) < 4.78 is 0. The van der Waals surface area contributed by atoms with Gasteiger partial charge in [0, 0.05) is 0 Å². The van der Waals surface area contributed by atoms with Crippen LogP contribution in [0.3, 0.4) is 0 Å². The molecule has 0 saturated heterocycles. The predicted octanol–water partition coefficient (Wildman–Crippen LogP) is 4.26. The van der Waals surface area contributed by atoms with E-state index in [9.17, 15) is 10.2 Å². The molecule has 3 aliphatic carbocycles. The Kier molecular flexibility index (Phi) is 3.07. The van der Waals surface area contributed by atoms with E-state index in [0.29, 0.717) is 22.8 Å². The van der Waals surface area contributed by atoms with E-state index in [1.807, 2.05) is 0 Å². The second-order valence-electron chi connectivity index (χ2n) is 7.52. The molecule has 1 unspecified atom stereocenters. The van der Waals surface area contributed by atoms with Crippen LogP contribution in [0, 0.1) is 17.3 Å². The van der Waals surface area contributed by atoms with Crippen LogP contribution in [0.2, 0.25) is 5.02 Å². The summed E-state index contributed by atoms with van der Waals surface area (Å²) in [5.41, 5.74) is 2.65. The number of hydrogen-bond acceptors (Lipinski definition) is 2. The largest absolute Gasteiger partial charge is 0.506 e. The van der Waals surface area contributed by atoms with Gasteiger partial charge in [0.2, 0.25) is 0 Å². The Morgan fingerprint density at radius 2 is 2.00 bits per heavy atom. The number of aromatic hydroxyl groups is 1. The maximum absolute atomic E-state index is 10.4. The predicted molar refractivity (Wildman–Crippen MR) is 83.7 cm³/mol. The van der Waals surface area contributed by atoms with Crippen molar-refractivity contribution in [3.63, 3.8) is 0 Å². The Hall–Kier alpha value is -0.730. The van der Waals surface area contributed by atoms with E-state index in [-0.39, 0.29) is 17.3 Å². The van der Waals surface area contributed by atoms with E-state index in [1.165, 1.54) is 17.5 Å². The van der Waals surface area contributed by atoms with Crippen molar-refractivity contribution in [2.75, 3.05) is 0 Å². The van der Waals surface area contributed by atoms with Crippen LogP contribution in [0.1, 0.15) is 56.1 Å². The number of fused-ring (bicyclic) bond motifs is 5. The van der Waals surface area contributed by atoms with Crippen molar-refractivity contribution >= 4 is 11.6 Å². The standard InChI is InChI=1S/C18H23ClO2/c1-18-9-8-11-10-4-6-15(20)17(19)13(10)3-2-12(11)14(18)5-7-16(18)21/h4,6,11-12,14,16,20-21H,2-3,5,7-9H2,1H3/t11-,12-,14+,16?,18+/m1/s1. The first-order chi connectivity index (χ1) is 10.0. The smallest absolute Gasteiger partial charge is 0.134 e. The molecule has 2 nitrogen and oxygen atoms in total. The van der Waals surface area contributed by atoms with E-state index in [0.717, 1.165) is 32.1 Å². The second kappa shape index (κ2) is 4.63. The SMILES string of the molecule is C[C@]12CC[C@@H]3c4ccc(O)c(Cl)c4CC[C@H]3[C@@H]1CCC2O. The molecule has 2 fully saturated rings. The molecule has 0 aliphatic heterocycles. The number of aliphatic hydroxyl groups excluding tert-OH is 1. The van der Waals surface area contributed by atoms with Crippen LogP contribution in [0.15, 0.2) is 12.1 Å². The third kappa shape index (κ3) is 1.82. The van der Waals surface area contributed by atoms with Crippen molar-refractivity contribution in [2.45, 2.75) is 57.5 Å². The molecule has 0 amide bonds. The monoisotopic (exact) mass is 306 g/mol. The van der Waals surface area contributed by atoms with Crippen LogP contribution in [-0.2, 0) is 6.42 Å². The summed E-state index contributed by atoms with van der Waals surface area (Å²) in [7, 11) is 0. The van der Waals surface area contributed by atoms with Gasteiger partial charge in [-0.1, -0.05) is 24.6 Å². The van der Waals surface area contributed by atoms with Crippen LogP contribution in [-0.4, -0.2) is 16.3 Å². The van der Waals surface area contributed by atoms with Gasteiger partial charge in [-0.3, -0.25) is 0 Å². The number of benzene rings is 1. The molecular weight excluding hydrogens is 284 g/mol. The van der Waals surface area contributed by atoms with E-state index in [4.69, 9.17) is 11.6 Å². The van der Waals surface area contributed by atoms with E-state index in [1.54, 1.807) is 6.07 Å². The molecule has 0 aromatic heterocycles. The molecule has 0 spiro atoms. The van der Waals surface area contributed by atoms with Crippen molar-refractivity contribution < 1.29 is 10.2 Å². The lowest BCUT2D eigenvalue weighted by Crippen LogP contribution is -2.43. The zero-order chi connectivity index (χ0) is 14.8. The van der Waals surface area contributed by atoms with Gasteiger partial charge in [0.05, 0.1) is 11.1 Å². The highest BCUT2D eigenvalue weighted by Crippen LogP contribution is 2.61. The summed E-state index contributed by atoms with van der Waals surface area (Å²) in [5.74, 6) is 2.10. The van der Waals surface area contributed by atoms with Crippen molar-refractivity contribution in [1.29, 1.82) is 0 Å². The minimum Gasteiger partial charge on any atom is -0.506 e. The average Bonchev–Trinajstić information content (AvgIpc) is 2.78. The molecule has 5 atom stereocenters. The highest BCUT2D eigenvalue weighted by Gasteiger charge is 2.54. The summed E-state index contributed by atoms with van der Waals surface area (Å²) in [6.07, 6.45) is 6.38. The quantitative estimate of drug-likeness (QED) is 0.752. The molecule has 2 N–H and O–H groups in total. The minimum atomic E-state index is -0.117. The third-order valence-electron chi connectivity index (χ3n) is 6.77. The number of phenols is 1. The van der Waals surface area contributed by atoms with Gasteiger partial charge < -0.3 is 10.2 Å². The van der Waals surface area contributed by atoms with Gasteiger partial charge in [0.1, 0.15) is 5.75 Å². The van der Waals surface area contributed by atoms with Gasteiger partial charge in [0.25, 0.3) is 0 Å². The van der Waals surface area contributed by atoms with Gasteiger partial charge in [0.15, 0.2) is 0 Å². The lowest BCUT2D eigenvalue weighted by Gasteiger charge is -2.50. The van der Waals surface area contributed by atoms with Gasteiger partial charge in [-0.25, -0.2) is 0 Å². The summed E-state index contributed by atoms with van der Waals surface area (Å²) in [5, 5.41) is 20.8. The van der Waals surface area contributed by atoms with Crippen molar-refractivity contribution in [1.82, 2.24) is 0 Å². The molecule has 2 saturated carbocycles. The zero-order valence-corrected chi connectivity index (χ0v) is 13.2. The molecule has 21 heavy (non-hydrogen) atoms. The van der Waals surface area contributed by atoms with Crippen LogP contribution in [0.4, 0.5) is 0 Å². The first-order valence-corrected chi connectivity index (χ1v) is 8.58. The topological polar surface area (TPSA) is 40.5 Å². The normalized spacial score (nSPS) is 41.3. The van der Waals surface area contributed by atoms with Gasteiger partial charge in [-0.05, 0) is 78.9 Å². The lowest BCUT2D eigenvalue weighted by molar-refractivity contribution is -0.0226. The highest BCUT2D eigenvalue weighted by molar-refractivity contribution is 6.32. The number of hydrogen-bond donors (Lipinski definition) is 2. The van der Waals surface area contributed by atoms with Crippen molar-refractivity contribution in [2.24, 2.45) is 17.3 Å². The molecule has 1 aromatic rings. The lowest BCUT2D eigenvalue weighted by atomic mass is 9.55. The fourth-order valence-corrected chi connectivity index (χ4v) is 5.85. The second-order valence-corrected chi connectivity index (χ2v) is 7.90. The molecule has 3 aliphatic rings. The van der Waals surface area contributed by atoms with Crippen LogP contribution in [0.5, 0.6) is 5.75 Å². The molecular formula is C18H23ClO2. The van der Waals surface area contributed by atoms with Crippen molar-refractivity contribution in [3.05, 3.63) is 28.3 Å². The molecule has 0 bridgehead atoms. The number of aliphatic hydroxyl groups is 1. The summed E-state index contributed by atoms with van der Waals surface area (Å²) in [4.78, 5) is 0. The fourth-order valence-electron chi connectivity index (χ4n) is 5.58. The fraction of sp³-hybridized carbons (Fsp3) is 0.667. The first kappa shape index (κ1) is 13.9. The Morgan fingerprint density at radius 1 is 1.19 bits per heavy atom. The van der Waals surface area contributed by atoms with E-state index in [2.05, 4.69) is 13.0 Å². The third-order valence-corrected chi connectivity index (χ3v) is 7.20. The molecule has 1 aromatic carbocycles. The molecule has 0 radical (unpaired) electrons. The summed E-state index contributed by atoms with van der Waals surface area (Å²) >= 11 is 6.31. The van der Waals surface area contributed by atoms with Crippen LogP contribution < -0.4 is 0 Å². The maximum Gasteiger partial charge on any atom is 0.134 e.